The van der Waals surface area contributed by atoms with E-state index in [9.17, 15) is 13.2 Å². The SMILES string of the molecule is O=C(Nc1ccccc1-c1nc2ccccc2s1)C1CCCCN1S(=O)(=O)c1ccc(Cl)s1. The fraction of sp³-hybridized carbons (Fsp3) is 0.217. The summed E-state index contributed by atoms with van der Waals surface area (Å²) in [5.74, 6) is -0.338. The summed E-state index contributed by atoms with van der Waals surface area (Å²) >= 11 is 8.52. The van der Waals surface area contributed by atoms with E-state index in [0.29, 0.717) is 29.4 Å². The summed E-state index contributed by atoms with van der Waals surface area (Å²) in [4.78, 5) is 18.1. The van der Waals surface area contributed by atoms with Crippen molar-refractivity contribution in [1.29, 1.82) is 0 Å². The molecule has 6 nitrogen and oxygen atoms in total. The second-order valence-corrected chi connectivity index (χ2v) is 12.6. The van der Waals surface area contributed by atoms with Gasteiger partial charge in [-0.15, -0.1) is 22.7 Å². The Hall–Kier alpha value is -2.30. The highest BCUT2D eigenvalue weighted by atomic mass is 35.5. The van der Waals surface area contributed by atoms with E-state index in [0.717, 1.165) is 38.5 Å². The number of amides is 1. The highest BCUT2D eigenvalue weighted by molar-refractivity contribution is 7.91. The maximum Gasteiger partial charge on any atom is 0.253 e. The lowest BCUT2D eigenvalue weighted by atomic mass is 10.0. The van der Waals surface area contributed by atoms with Crippen molar-refractivity contribution in [3.05, 3.63) is 65.0 Å². The number of carbonyl (C=O) groups excluding carboxylic acids is 1. The van der Waals surface area contributed by atoms with Gasteiger partial charge in [0, 0.05) is 12.1 Å². The number of nitrogens with zero attached hydrogens (tertiary/aromatic N) is 2. The summed E-state index contributed by atoms with van der Waals surface area (Å²) in [5.41, 5.74) is 2.32. The molecule has 1 atom stereocenters. The minimum atomic E-state index is -3.81. The third kappa shape index (κ3) is 4.43. The summed E-state index contributed by atoms with van der Waals surface area (Å²) in [6.45, 7) is 0.301. The minimum absolute atomic E-state index is 0.155. The molecule has 4 aromatic rings. The maximum absolute atomic E-state index is 13.4. The predicted octanol–water partition coefficient (Wildman–Crippen LogP) is 5.86. The zero-order valence-electron chi connectivity index (χ0n) is 17.4. The molecular formula is C23H20ClN3O3S3. The smallest absolute Gasteiger partial charge is 0.253 e. The van der Waals surface area contributed by atoms with Gasteiger partial charge in [0.1, 0.15) is 15.3 Å². The standard InChI is InChI=1S/C23H20ClN3O3S3/c24-20-12-13-21(32-20)33(29,30)27-14-6-5-10-18(27)22(28)25-16-8-2-1-7-15(16)23-26-17-9-3-4-11-19(17)31-23/h1-4,7-9,11-13,18H,5-6,10,14H2,(H,25,28). The first-order valence-corrected chi connectivity index (χ1v) is 13.9. The number of carbonyl (C=O) groups is 1. The topological polar surface area (TPSA) is 79.4 Å². The normalized spacial score (nSPS) is 17.3. The van der Waals surface area contributed by atoms with Crippen LogP contribution in [0.15, 0.2) is 64.9 Å². The van der Waals surface area contributed by atoms with Crippen LogP contribution >= 0.6 is 34.3 Å². The van der Waals surface area contributed by atoms with E-state index >= 15 is 0 Å². The Bertz CT molecular complexity index is 1400. The van der Waals surface area contributed by atoms with Gasteiger partial charge in [-0.1, -0.05) is 42.3 Å². The maximum atomic E-state index is 13.4. The lowest BCUT2D eigenvalue weighted by molar-refractivity contribution is -0.120. The molecule has 1 fully saturated rings. The molecule has 1 aliphatic heterocycles. The average Bonchev–Trinajstić information content (AvgIpc) is 3.46. The van der Waals surface area contributed by atoms with Gasteiger partial charge in [0.15, 0.2) is 0 Å². The van der Waals surface area contributed by atoms with E-state index in [2.05, 4.69) is 5.32 Å². The van der Waals surface area contributed by atoms with E-state index in [4.69, 9.17) is 16.6 Å². The number of thiophene rings is 1. The Labute approximate surface area is 204 Å². The number of hydrogen-bond donors (Lipinski definition) is 1. The molecule has 0 radical (unpaired) electrons. The highest BCUT2D eigenvalue weighted by Crippen LogP contribution is 2.36. The number of piperidine rings is 1. The molecule has 2 aromatic carbocycles. The van der Waals surface area contributed by atoms with Crippen LogP contribution < -0.4 is 5.32 Å². The number of halogens is 1. The Morgan fingerprint density at radius 2 is 1.82 bits per heavy atom. The molecule has 0 spiro atoms. The number of fused-ring (bicyclic) bond motifs is 1. The van der Waals surface area contributed by atoms with E-state index in [1.165, 1.54) is 10.4 Å². The molecule has 3 heterocycles. The lowest BCUT2D eigenvalue weighted by Gasteiger charge is -2.33. The number of rotatable bonds is 5. The van der Waals surface area contributed by atoms with Crippen LogP contribution in [0.25, 0.3) is 20.8 Å². The van der Waals surface area contributed by atoms with Gasteiger partial charge in [0.2, 0.25) is 5.91 Å². The second-order valence-electron chi connectivity index (χ2n) is 7.71. The summed E-state index contributed by atoms with van der Waals surface area (Å²) < 4.78 is 29.4. The Morgan fingerprint density at radius 3 is 2.61 bits per heavy atom. The number of nitrogens with one attached hydrogen (secondary N) is 1. The van der Waals surface area contributed by atoms with Gasteiger partial charge >= 0.3 is 0 Å². The lowest BCUT2D eigenvalue weighted by Crippen LogP contribution is -2.49. The molecular weight excluding hydrogens is 498 g/mol. The van der Waals surface area contributed by atoms with Crippen LogP contribution in [-0.2, 0) is 14.8 Å². The van der Waals surface area contributed by atoms with Crippen molar-refractivity contribution in [1.82, 2.24) is 9.29 Å². The van der Waals surface area contributed by atoms with E-state index in [1.807, 2.05) is 48.5 Å². The molecule has 5 rings (SSSR count). The molecule has 1 saturated heterocycles. The average molecular weight is 518 g/mol. The third-order valence-electron chi connectivity index (χ3n) is 5.58. The first-order chi connectivity index (χ1) is 15.9. The zero-order chi connectivity index (χ0) is 23.0. The Morgan fingerprint density at radius 1 is 1.03 bits per heavy atom. The molecule has 10 heteroatoms. The zero-order valence-corrected chi connectivity index (χ0v) is 20.6. The molecule has 1 aliphatic rings. The third-order valence-corrected chi connectivity index (χ3v) is 10.3. The number of benzene rings is 2. The molecule has 1 amide bonds. The van der Waals surface area contributed by atoms with Crippen molar-refractivity contribution in [2.75, 3.05) is 11.9 Å². The van der Waals surface area contributed by atoms with Crippen LogP contribution in [0.5, 0.6) is 0 Å². The molecule has 2 aromatic heterocycles. The molecule has 170 valence electrons. The molecule has 1 unspecified atom stereocenters. The summed E-state index contributed by atoms with van der Waals surface area (Å²) in [5, 5.41) is 3.78. The number of hydrogen-bond acceptors (Lipinski definition) is 6. The van der Waals surface area contributed by atoms with Crippen LogP contribution in [-0.4, -0.2) is 36.2 Å². The minimum Gasteiger partial charge on any atom is -0.324 e. The first-order valence-electron chi connectivity index (χ1n) is 10.5. The van der Waals surface area contributed by atoms with E-state index in [1.54, 1.807) is 17.4 Å². The van der Waals surface area contributed by atoms with Crippen molar-refractivity contribution in [3.63, 3.8) is 0 Å². The predicted molar refractivity (Wildman–Crippen MR) is 135 cm³/mol. The number of thiazole rings is 1. The van der Waals surface area contributed by atoms with E-state index < -0.39 is 16.1 Å². The largest absolute Gasteiger partial charge is 0.324 e. The van der Waals surface area contributed by atoms with Crippen molar-refractivity contribution < 1.29 is 13.2 Å². The van der Waals surface area contributed by atoms with Gasteiger partial charge in [-0.05, 0) is 49.2 Å². The van der Waals surface area contributed by atoms with Gasteiger partial charge < -0.3 is 5.32 Å². The van der Waals surface area contributed by atoms with Gasteiger partial charge in [-0.3, -0.25) is 4.79 Å². The van der Waals surface area contributed by atoms with Crippen LogP contribution in [0, 0.1) is 0 Å². The highest BCUT2D eigenvalue weighted by Gasteiger charge is 2.38. The van der Waals surface area contributed by atoms with Crippen molar-refractivity contribution in [2.24, 2.45) is 0 Å². The number of aromatic nitrogens is 1. The monoisotopic (exact) mass is 517 g/mol. The van der Waals surface area contributed by atoms with Crippen LogP contribution in [0.4, 0.5) is 5.69 Å². The van der Waals surface area contributed by atoms with Crippen LogP contribution in [0.2, 0.25) is 4.34 Å². The van der Waals surface area contributed by atoms with Crippen LogP contribution in [0.1, 0.15) is 19.3 Å². The van der Waals surface area contributed by atoms with E-state index in [-0.39, 0.29) is 10.1 Å². The van der Waals surface area contributed by atoms with Gasteiger partial charge in [0.25, 0.3) is 10.0 Å². The van der Waals surface area contributed by atoms with Crippen molar-refractivity contribution in [2.45, 2.75) is 29.5 Å². The number of anilines is 1. The molecule has 1 N–H and O–H groups in total. The summed E-state index contributed by atoms with van der Waals surface area (Å²) in [6, 6.07) is 17.6. The summed E-state index contributed by atoms with van der Waals surface area (Å²) in [7, 11) is -3.81. The Balaban J connectivity index is 1.44. The molecule has 0 aliphatic carbocycles. The molecule has 33 heavy (non-hydrogen) atoms. The van der Waals surface area contributed by atoms with Crippen LogP contribution in [0.3, 0.4) is 0 Å². The number of sulfonamides is 1. The fourth-order valence-electron chi connectivity index (χ4n) is 3.99. The molecule has 0 saturated carbocycles. The van der Waals surface area contributed by atoms with Gasteiger partial charge in [-0.2, -0.15) is 4.31 Å². The Kier molecular flexibility index (Phi) is 6.24. The van der Waals surface area contributed by atoms with Crippen molar-refractivity contribution in [3.8, 4) is 10.6 Å². The van der Waals surface area contributed by atoms with Crippen molar-refractivity contribution >= 4 is 66.1 Å². The quantitative estimate of drug-likeness (QED) is 0.359. The second kappa shape index (κ2) is 9.15. The summed E-state index contributed by atoms with van der Waals surface area (Å²) in [6.07, 6.45) is 1.96. The molecule has 0 bridgehead atoms. The van der Waals surface area contributed by atoms with Gasteiger partial charge in [0.05, 0.1) is 20.2 Å². The fourth-order valence-corrected chi connectivity index (χ4v) is 8.26. The number of para-hydroxylation sites is 2. The first kappa shape index (κ1) is 22.5. The van der Waals surface area contributed by atoms with Gasteiger partial charge in [-0.25, -0.2) is 13.4 Å².